The molecule has 0 radical (unpaired) electrons. The fourth-order valence-electron chi connectivity index (χ4n) is 2.47. The number of aryl methyl sites for hydroxylation is 1. The number of benzene rings is 1. The summed E-state index contributed by atoms with van der Waals surface area (Å²) in [6.07, 6.45) is 1.92. The van der Waals surface area contributed by atoms with E-state index < -0.39 is 15.7 Å². The van der Waals surface area contributed by atoms with Crippen LogP contribution in [-0.4, -0.2) is 43.8 Å². The predicted octanol–water partition coefficient (Wildman–Crippen LogP) is 1.46. The normalized spacial score (nSPS) is 19.9. The van der Waals surface area contributed by atoms with Crippen molar-refractivity contribution >= 4 is 21.4 Å². The highest BCUT2D eigenvalue weighted by atomic mass is 32.2. The molecular formula is C16H19N3O3S. The minimum Gasteiger partial charge on any atom is -0.375 e. The molecule has 6 nitrogen and oxygen atoms in total. The van der Waals surface area contributed by atoms with Gasteiger partial charge in [-0.1, -0.05) is 12.1 Å². The van der Waals surface area contributed by atoms with Gasteiger partial charge < -0.3 is 10.2 Å². The second kappa shape index (κ2) is 6.84. The summed E-state index contributed by atoms with van der Waals surface area (Å²) in [4.78, 5) is 13.8. The van der Waals surface area contributed by atoms with Gasteiger partial charge in [-0.2, -0.15) is 5.26 Å². The summed E-state index contributed by atoms with van der Waals surface area (Å²) in [5.74, 6) is -0.309. The highest BCUT2D eigenvalue weighted by molar-refractivity contribution is 7.91. The van der Waals surface area contributed by atoms with Crippen LogP contribution in [0.15, 0.2) is 36.0 Å². The molecule has 1 aliphatic rings. The molecule has 1 N–H and O–H groups in total. The number of hydrogen-bond acceptors (Lipinski definition) is 5. The monoisotopic (exact) mass is 333 g/mol. The van der Waals surface area contributed by atoms with Gasteiger partial charge in [-0.15, -0.1) is 0 Å². The van der Waals surface area contributed by atoms with Crippen molar-refractivity contribution in [1.29, 1.82) is 5.26 Å². The zero-order valence-corrected chi connectivity index (χ0v) is 13.9. The van der Waals surface area contributed by atoms with Crippen molar-refractivity contribution in [3.8, 4) is 6.07 Å². The molecule has 0 bridgehead atoms. The van der Waals surface area contributed by atoms with Gasteiger partial charge in [0, 0.05) is 25.0 Å². The third kappa shape index (κ3) is 4.57. The Kier molecular flexibility index (Phi) is 5.06. The van der Waals surface area contributed by atoms with E-state index in [0.29, 0.717) is 12.1 Å². The molecule has 0 aromatic heterocycles. The number of carbonyl (C=O) groups is 1. The summed E-state index contributed by atoms with van der Waals surface area (Å²) < 4.78 is 23.0. The molecule has 1 heterocycles. The minimum absolute atomic E-state index is 0.0538. The second-order valence-electron chi connectivity index (χ2n) is 5.70. The summed E-state index contributed by atoms with van der Waals surface area (Å²) in [6.45, 7) is 1.91. The number of nitriles is 1. The molecule has 1 saturated heterocycles. The van der Waals surface area contributed by atoms with Gasteiger partial charge in [0.05, 0.1) is 11.5 Å². The number of rotatable bonds is 4. The summed E-state index contributed by atoms with van der Waals surface area (Å²) in [7, 11) is -1.33. The topological polar surface area (TPSA) is 90.3 Å². The molecule has 1 aromatic rings. The van der Waals surface area contributed by atoms with E-state index in [1.54, 1.807) is 24.1 Å². The van der Waals surface area contributed by atoms with Crippen molar-refractivity contribution in [1.82, 2.24) is 4.90 Å². The quantitative estimate of drug-likeness (QED) is 0.665. The molecule has 7 heteroatoms. The lowest BCUT2D eigenvalue weighted by Crippen LogP contribution is -2.29. The Morgan fingerprint density at radius 2 is 2.22 bits per heavy atom. The molecule has 1 aliphatic heterocycles. The lowest BCUT2D eigenvalue weighted by atomic mass is 10.2. The van der Waals surface area contributed by atoms with Crippen LogP contribution >= 0.6 is 0 Å². The summed E-state index contributed by atoms with van der Waals surface area (Å²) >= 11 is 0. The van der Waals surface area contributed by atoms with Crippen LogP contribution in [0.5, 0.6) is 0 Å². The van der Waals surface area contributed by atoms with E-state index in [1.165, 1.54) is 6.20 Å². The number of nitrogens with zero attached hydrogens (tertiary/aromatic N) is 2. The van der Waals surface area contributed by atoms with Crippen LogP contribution < -0.4 is 5.32 Å². The Bertz CT molecular complexity index is 778. The van der Waals surface area contributed by atoms with E-state index in [1.807, 2.05) is 25.1 Å². The maximum Gasteiger partial charge on any atom is 0.267 e. The van der Waals surface area contributed by atoms with Crippen LogP contribution in [0.4, 0.5) is 5.69 Å². The largest absolute Gasteiger partial charge is 0.375 e. The average Bonchev–Trinajstić information content (AvgIpc) is 2.84. The number of nitrogens with one attached hydrogen (secondary N) is 1. The molecule has 1 amide bonds. The Hall–Kier alpha value is -2.33. The Morgan fingerprint density at radius 3 is 2.78 bits per heavy atom. The van der Waals surface area contributed by atoms with E-state index in [4.69, 9.17) is 0 Å². The first kappa shape index (κ1) is 17.0. The van der Waals surface area contributed by atoms with Crippen molar-refractivity contribution in [2.75, 3.05) is 23.9 Å². The van der Waals surface area contributed by atoms with Crippen molar-refractivity contribution in [3.63, 3.8) is 0 Å². The van der Waals surface area contributed by atoms with E-state index >= 15 is 0 Å². The minimum atomic E-state index is -3.01. The zero-order valence-electron chi connectivity index (χ0n) is 13.1. The van der Waals surface area contributed by atoms with Gasteiger partial charge in [0.15, 0.2) is 9.84 Å². The van der Waals surface area contributed by atoms with E-state index in [-0.39, 0.29) is 23.1 Å². The zero-order chi connectivity index (χ0) is 17.0. The Labute approximate surface area is 136 Å². The number of anilines is 1. The third-order valence-corrected chi connectivity index (χ3v) is 5.51. The first-order valence-electron chi connectivity index (χ1n) is 7.23. The van der Waals surface area contributed by atoms with Gasteiger partial charge in [0.2, 0.25) is 0 Å². The number of sulfone groups is 1. The molecule has 1 fully saturated rings. The van der Waals surface area contributed by atoms with Crippen LogP contribution in [-0.2, 0) is 14.6 Å². The molecular weight excluding hydrogens is 314 g/mol. The number of carbonyl (C=O) groups excluding carboxylic acids is 1. The van der Waals surface area contributed by atoms with Gasteiger partial charge in [-0.05, 0) is 31.0 Å². The summed E-state index contributed by atoms with van der Waals surface area (Å²) in [6, 6.07) is 8.94. The molecule has 0 aliphatic carbocycles. The van der Waals surface area contributed by atoms with Crippen LogP contribution in [0.3, 0.4) is 0 Å². The first-order chi connectivity index (χ1) is 10.8. The lowest BCUT2D eigenvalue weighted by Gasteiger charge is -2.21. The van der Waals surface area contributed by atoms with Gasteiger partial charge in [-0.25, -0.2) is 8.42 Å². The molecule has 0 saturated carbocycles. The molecule has 2 rings (SSSR count). The van der Waals surface area contributed by atoms with Gasteiger partial charge in [0.25, 0.3) is 5.91 Å². The Morgan fingerprint density at radius 1 is 1.48 bits per heavy atom. The van der Waals surface area contributed by atoms with Crippen LogP contribution in [0.1, 0.15) is 12.0 Å². The highest BCUT2D eigenvalue weighted by Crippen LogP contribution is 2.18. The molecule has 1 unspecified atom stereocenters. The standard InChI is InChI=1S/C16H19N3O3S/c1-12-4-3-5-14(8-12)18-16(20)13(9-17)10-19(2)15-6-7-23(21,22)11-15/h3-5,8,10,15H,6-7,11H2,1-2H3,(H,18,20)/b13-10-. The van der Waals surface area contributed by atoms with Crippen molar-refractivity contribution < 1.29 is 13.2 Å². The number of amides is 1. The smallest absolute Gasteiger partial charge is 0.267 e. The molecule has 1 atom stereocenters. The lowest BCUT2D eigenvalue weighted by molar-refractivity contribution is -0.112. The maximum atomic E-state index is 12.2. The second-order valence-corrected chi connectivity index (χ2v) is 7.93. The fraction of sp³-hybridized carbons (Fsp3) is 0.375. The molecule has 0 spiro atoms. The van der Waals surface area contributed by atoms with E-state index in [9.17, 15) is 18.5 Å². The highest BCUT2D eigenvalue weighted by Gasteiger charge is 2.30. The van der Waals surface area contributed by atoms with Crippen molar-refractivity contribution in [3.05, 3.63) is 41.6 Å². The molecule has 1 aromatic carbocycles. The third-order valence-electron chi connectivity index (χ3n) is 3.76. The van der Waals surface area contributed by atoms with Gasteiger partial charge in [-0.3, -0.25) is 4.79 Å². The average molecular weight is 333 g/mol. The SMILES string of the molecule is Cc1cccc(NC(=O)/C(C#N)=C\N(C)C2CCS(=O)(=O)C2)c1. The predicted molar refractivity (Wildman–Crippen MR) is 88.3 cm³/mol. The fourth-order valence-corrected chi connectivity index (χ4v) is 4.25. The van der Waals surface area contributed by atoms with E-state index in [0.717, 1.165) is 5.56 Å². The molecule has 23 heavy (non-hydrogen) atoms. The van der Waals surface area contributed by atoms with Gasteiger partial charge >= 0.3 is 0 Å². The van der Waals surface area contributed by atoms with Gasteiger partial charge in [0.1, 0.15) is 11.6 Å². The molecule has 122 valence electrons. The van der Waals surface area contributed by atoms with Crippen LogP contribution in [0.25, 0.3) is 0 Å². The Balaban J connectivity index is 2.09. The van der Waals surface area contributed by atoms with E-state index in [2.05, 4.69) is 5.32 Å². The first-order valence-corrected chi connectivity index (χ1v) is 9.05. The van der Waals surface area contributed by atoms with Crippen molar-refractivity contribution in [2.24, 2.45) is 0 Å². The summed E-state index contributed by atoms with van der Waals surface area (Å²) in [5.41, 5.74) is 1.55. The maximum absolute atomic E-state index is 12.2. The van der Waals surface area contributed by atoms with Crippen LogP contribution in [0.2, 0.25) is 0 Å². The summed E-state index contributed by atoms with van der Waals surface area (Å²) in [5, 5.41) is 11.9. The number of hydrogen-bond donors (Lipinski definition) is 1. The van der Waals surface area contributed by atoms with Crippen LogP contribution in [0, 0.1) is 18.3 Å². The van der Waals surface area contributed by atoms with Crippen molar-refractivity contribution in [2.45, 2.75) is 19.4 Å².